The number of anilines is 1. The second kappa shape index (κ2) is 9.01. The summed E-state index contributed by atoms with van der Waals surface area (Å²) in [7, 11) is 0. The molecule has 0 radical (unpaired) electrons. The quantitative estimate of drug-likeness (QED) is 0.541. The third kappa shape index (κ3) is 4.61. The van der Waals surface area contributed by atoms with Crippen LogP contribution in [0.5, 0.6) is 17.2 Å². The standard InChI is InChI=1S/C23H22F5N3O6/c1-4-34-14-6-5-12(16-17(14)37-23(27,28)36-16)15-10(2)21(3,22(24,25)26)35-18(15)20(33)31-11-7-8-30-13(9-11)19(29)32/h5-10,15,18H,4H2,1-3H3,(H2,29,32)(H,30,31,33)/t10-,15-,18+,21+/m1/s1. The molecule has 0 unspecified atom stereocenters. The van der Waals surface area contributed by atoms with Gasteiger partial charge in [-0.3, -0.25) is 14.6 Å². The van der Waals surface area contributed by atoms with E-state index in [1.165, 1.54) is 25.1 Å². The number of hydrogen-bond donors (Lipinski definition) is 2. The first-order chi connectivity index (χ1) is 17.2. The number of rotatable bonds is 6. The van der Waals surface area contributed by atoms with Crippen molar-refractivity contribution in [2.75, 3.05) is 11.9 Å². The predicted molar refractivity (Wildman–Crippen MR) is 116 cm³/mol. The molecule has 4 atom stereocenters. The minimum atomic E-state index is -4.93. The van der Waals surface area contributed by atoms with Gasteiger partial charge < -0.3 is 30.0 Å². The maximum absolute atomic E-state index is 14.1. The van der Waals surface area contributed by atoms with Crippen molar-refractivity contribution < 1.29 is 50.5 Å². The van der Waals surface area contributed by atoms with Crippen LogP contribution in [0, 0.1) is 5.92 Å². The highest BCUT2D eigenvalue weighted by Crippen LogP contribution is 2.58. The SMILES string of the molecule is CCOc1ccc([C@@H]2[C@@H](C(=O)Nc3ccnc(C(N)=O)c3)O[C@](C)(C(F)(F)F)[C@@H]2C)c2c1OC(F)(F)O2. The number of nitrogens with zero attached hydrogens (tertiary/aromatic N) is 1. The molecule has 4 rings (SSSR count). The Morgan fingerprint density at radius 1 is 1.19 bits per heavy atom. The van der Waals surface area contributed by atoms with Gasteiger partial charge in [0.15, 0.2) is 17.1 Å². The number of carbonyl (C=O) groups excluding carboxylic acids is 2. The van der Waals surface area contributed by atoms with Crippen molar-refractivity contribution in [1.82, 2.24) is 4.98 Å². The first kappa shape index (κ1) is 26.4. The molecular formula is C23H22F5N3O6. The van der Waals surface area contributed by atoms with Gasteiger partial charge in [-0.25, -0.2) is 0 Å². The Kier molecular flexibility index (Phi) is 6.42. The van der Waals surface area contributed by atoms with Crippen molar-refractivity contribution in [3.63, 3.8) is 0 Å². The summed E-state index contributed by atoms with van der Waals surface area (Å²) in [4.78, 5) is 28.4. The van der Waals surface area contributed by atoms with E-state index in [-0.39, 0.29) is 29.3 Å². The van der Waals surface area contributed by atoms with E-state index in [2.05, 4.69) is 19.8 Å². The van der Waals surface area contributed by atoms with Crippen LogP contribution in [-0.4, -0.2) is 47.6 Å². The minimum Gasteiger partial charge on any atom is -0.490 e. The molecule has 2 aliphatic rings. The zero-order valence-electron chi connectivity index (χ0n) is 19.7. The number of pyridine rings is 1. The van der Waals surface area contributed by atoms with Gasteiger partial charge in [0, 0.05) is 29.3 Å². The zero-order chi connectivity index (χ0) is 27.3. The Bertz CT molecular complexity index is 1240. The molecule has 2 amide bonds. The van der Waals surface area contributed by atoms with Crippen LogP contribution in [0.2, 0.25) is 0 Å². The molecule has 9 nitrogen and oxygen atoms in total. The van der Waals surface area contributed by atoms with Crippen molar-refractivity contribution >= 4 is 17.5 Å². The van der Waals surface area contributed by atoms with Crippen LogP contribution in [-0.2, 0) is 9.53 Å². The van der Waals surface area contributed by atoms with Crippen molar-refractivity contribution in [3.05, 3.63) is 41.7 Å². The molecule has 0 aliphatic carbocycles. The summed E-state index contributed by atoms with van der Waals surface area (Å²) in [5.41, 5.74) is 1.99. The van der Waals surface area contributed by atoms with Gasteiger partial charge in [0.1, 0.15) is 11.8 Å². The van der Waals surface area contributed by atoms with Crippen LogP contribution >= 0.6 is 0 Å². The molecule has 3 heterocycles. The number of fused-ring (bicyclic) bond motifs is 1. The first-order valence-electron chi connectivity index (χ1n) is 11.0. The number of carbonyl (C=O) groups is 2. The van der Waals surface area contributed by atoms with E-state index >= 15 is 0 Å². The number of aromatic nitrogens is 1. The third-order valence-corrected chi connectivity index (χ3v) is 6.41. The van der Waals surface area contributed by atoms with E-state index in [1.807, 2.05) is 0 Å². The van der Waals surface area contributed by atoms with E-state index in [4.69, 9.17) is 15.2 Å². The number of nitrogens with two attached hydrogens (primary N) is 1. The third-order valence-electron chi connectivity index (χ3n) is 6.41. The molecule has 2 aliphatic heterocycles. The number of amides is 2. The fraction of sp³-hybridized carbons (Fsp3) is 0.435. The van der Waals surface area contributed by atoms with Gasteiger partial charge >= 0.3 is 12.5 Å². The summed E-state index contributed by atoms with van der Waals surface area (Å²) < 4.78 is 90.4. The summed E-state index contributed by atoms with van der Waals surface area (Å²) >= 11 is 0. The lowest BCUT2D eigenvalue weighted by molar-refractivity contribution is -0.287. The monoisotopic (exact) mass is 531 g/mol. The van der Waals surface area contributed by atoms with Crippen molar-refractivity contribution in [2.45, 2.75) is 50.9 Å². The van der Waals surface area contributed by atoms with E-state index in [9.17, 15) is 31.5 Å². The maximum atomic E-state index is 14.1. The number of hydrogen-bond acceptors (Lipinski definition) is 7. The summed E-state index contributed by atoms with van der Waals surface area (Å²) in [5, 5.41) is 2.38. The molecule has 37 heavy (non-hydrogen) atoms. The van der Waals surface area contributed by atoms with Crippen LogP contribution in [0.1, 0.15) is 42.7 Å². The number of halogens is 5. The van der Waals surface area contributed by atoms with Crippen molar-refractivity contribution in [1.29, 1.82) is 0 Å². The first-order valence-corrected chi connectivity index (χ1v) is 11.0. The summed E-state index contributed by atoms with van der Waals surface area (Å²) in [5.74, 6) is -5.95. The molecule has 1 aromatic heterocycles. The van der Waals surface area contributed by atoms with Crippen LogP contribution in [0.3, 0.4) is 0 Å². The molecule has 1 saturated heterocycles. The number of ether oxygens (including phenoxy) is 4. The Balaban J connectivity index is 1.79. The number of nitrogens with one attached hydrogen (secondary N) is 1. The van der Waals surface area contributed by atoms with Gasteiger partial charge in [-0.1, -0.05) is 13.0 Å². The average Bonchev–Trinajstić information content (AvgIpc) is 3.28. The highest BCUT2D eigenvalue weighted by Gasteiger charge is 2.66. The van der Waals surface area contributed by atoms with Gasteiger partial charge in [-0.15, -0.1) is 8.78 Å². The molecule has 0 saturated carbocycles. The summed E-state index contributed by atoms with van der Waals surface area (Å²) in [6.07, 6.45) is -9.69. The molecule has 2 aromatic rings. The zero-order valence-corrected chi connectivity index (χ0v) is 19.7. The topological polar surface area (TPSA) is 122 Å². The van der Waals surface area contributed by atoms with Gasteiger partial charge in [-0.05, 0) is 32.0 Å². The van der Waals surface area contributed by atoms with Crippen molar-refractivity contribution in [3.8, 4) is 17.2 Å². The van der Waals surface area contributed by atoms with Gasteiger partial charge in [0.25, 0.3) is 11.8 Å². The Hall–Kier alpha value is -3.68. The van der Waals surface area contributed by atoms with Gasteiger partial charge in [0.05, 0.1) is 6.61 Å². The molecule has 14 heteroatoms. The summed E-state index contributed by atoms with van der Waals surface area (Å²) in [6.45, 7) is 3.65. The molecule has 3 N–H and O–H groups in total. The largest absolute Gasteiger partial charge is 0.586 e. The second-order valence-electron chi connectivity index (χ2n) is 8.65. The lowest BCUT2D eigenvalue weighted by Gasteiger charge is -2.31. The lowest BCUT2D eigenvalue weighted by atomic mass is 9.77. The van der Waals surface area contributed by atoms with Crippen LogP contribution < -0.4 is 25.3 Å². The number of alkyl halides is 5. The van der Waals surface area contributed by atoms with Crippen molar-refractivity contribution in [2.24, 2.45) is 11.7 Å². The molecule has 0 bridgehead atoms. The fourth-order valence-electron chi connectivity index (χ4n) is 4.43. The Morgan fingerprint density at radius 3 is 2.49 bits per heavy atom. The van der Waals surface area contributed by atoms with E-state index in [1.54, 1.807) is 6.92 Å². The normalized spacial score (nSPS) is 26.1. The molecular weight excluding hydrogens is 509 g/mol. The Labute approximate surface area is 207 Å². The molecule has 200 valence electrons. The molecule has 0 spiro atoms. The molecule has 1 fully saturated rings. The van der Waals surface area contributed by atoms with E-state index in [0.29, 0.717) is 0 Å². The maximum Gasteiger partial charge on any atom is 0.586 e. The highest BCUT2D eigenvalue weighted by molar-refractivity contribution is 5.97. The van der Waals surface area contributed by atoms with E-state index < -0.39 is 59.3 Å². The molecule has 1 aromatic carbocycles. The van der Waals surface area contributed by atoms with Crippen LogP contribution in [0.15, 0.2) is 30.5 Å². The van der Waals surface area contributed by atoms with Gasteiger partial charge in [-0.2, -0.15) is 13.2 Å². The fourth-order valence-corrected chi connectivity index (χ4v) is 4.43. The highest BCUT2D eigenvalue weighted by atomic mass is 19.4. The average molecular weight is 531 g/mol. The second-order valence-corrected chi connectivity index (χ2v) is 8.65. The number of benzene rings is 1. The predicted octanol–water partition coefficient (Wildman–Crippen LogP) is 3.98. The van der Waals surface area contributed by atoms with Crippen LogP contribution in [0.4, 0.5) is 27.6 Å². The smallest absolute Gasteiger partial charge is 0.490 e. The van der Waals surface area contributed by atoms with Crippen LogP contribution in [0.25, 0.3) is 0 Å². The summed E-state index contributed by atoms with van der Waals surface area (Å²) in [6, 6.07) is 4.89. The minimum absolute atomic E-state index is 0.00690. The Morgan fingerprint density at radius 2 is 1.86 bits per heavy atom. The lowest BCUT2D eigenvalue weighted by Crippen LogP contribution is -2.47. The van der Waals surface area contributed by atoms with E-state index in [0.717, 1.165) is 19.2 Å². The number of primary amides is 1. The van der Waals surface area contributed by atoms with Gasteiger partial charge in [0.2, 0.25) is 5.75 Å².